The maximum absolute atomic E-state index is 10.8. The summed E-state index contributed by atoms with van der Waals surface area (Å²) in [7, 11) is 0. The average molecular weight is 292 g/mol. The summed E-state index contributed by atoms with van der Waals surface area (Å²) in [6, 6.07) is 6.43. The molecule has 7 heteroatoms. The van der Waals surface area contributed by atoms with Gasteiger partial charge < -0.3 is 4.57 Å². The lowest BCUT2D eigenvalue weighted by Crippen LogP contribution is -2.01. The highest BCUT2D eigenvalue weighted by Crippen LogP contribution is 2.22. The number of H-pyrrole nitrogens is 1. The second-order valence-corrected chi connectivity index (χ2v) is 4.91. The van der Waals surface area contributed by atoms with Gasteiger partial charge in [-0.15, -0.1) is 0 Å². The van der Waals surface area contributed by atoms with Crippen LogP contribution < -0.4 is 0 Å². The van der Waals surface area contributed by atoms with Crippen LogP contribution in [0.2, 0.25) is 0 Å². The number of rotatable bonds is 6. The van der Waals surface area contributed by atoms with Crippen molar-refractivity contribution in [3.8, 4) is 11.4 Å². The molecule has 0 unspecified atom stereocenters. The van der Waals surface area contributed by atoms with E-state index in [1.807, 2.05) is 4.57 Å². The minimum absolute atomic E-state index is 0.0523. The number of nitro benzene ring substituents is 1. The van der Waals surface area contributed by atoms with E-state index >= 15 is 0 Å². The minimum atomic E-state index is -0.411. The van der Waals surface area contributed by atoms with E-state index < -0.39 is 4.92 Å². The first-order valence-corrected chi connectivity index (χ1v) is 6.94. The van der Waals surface area contributed by atoms with Crippen LogP contribution in [0.25, 0.3) is 11.4 Å². The highest BCUT2D eigenvalue weighted by Gasteiger charge is 2.12. The molecule has 0 amide bonds. The van der Waals surface area contributed by atoms with Gasteiger partial charge in [0, 0.05) is 24.2 Å². The van der Waals surface area contributed by atoms with E-state index in [0.29, 0.717) is 16.2 Å². The fourth-order valence-electron chi connectivity index (χ4n) is 2.02. The van der Waals surface area contributed by atoms with E-state index in [9.17, 15) is 10.1 Å². The summed E-state index contributed by atoms with van der Waals surface area (Å²) in [6.07, 6.45) is 3.24. The van der Waals surface area contributed by atoms with Crippen molar-refractivity contribution in [2.45, 2.75) is 32.7 Å². The van der Waals surface area contributed by atoms with Crippen LogP contribution in [0.1, 0.15) is 26.2 Å². The van der Waals surface area contributed by atoms with E-state index in [2.05, 4.69) is 17.1 Å². The van der Waals surface area contributed by atoms with Crippen LogP contribution in [0.4, 0.5) is 5.69 Å². The normalized spacial score (nSPS) is 10.7. The lowest BCUT2D eigenvalue weighted by Gasteiger charge is -2.06. The van der Waals surface area contributed by atoms with Crippen LogP contribution in [-0.4, -0.2) is 19.7 Å². The molecule has 1 aromatic carbocycles. The van der Waals surface area contributed by atoms with Crippen molar-refractivity contribution in [3.63, 3.8) is 0 Å². The summed E-state index contributed by atoms with van der Waals surface area (Å²) in [6.45, 7) is 2.90. The first kappa shape index (κ1) is 14.4. The molecule has 2 rings (SSSR count). The van der Waals surface area contributed by atoms with E-state index in [4.69, 9.17) is 12.2 Å². The van der Waals surface area contributed by atoms with E-state index in [0.717, 1.165) is 25.8 Å². The summed E-state index contributed by atoms with van der Waals surface area (Å²) in [5.74, 6) is 0.648. The molecule has 2 aromatic rings. The van der Waals surface area contributed by atoms with Crippen LogP contribution in [0, 0.1) is 14.9 Å². The van der Waals surface area contributed by atoms with E-state index in [1.165, 1.54) is 12.1 Å². The number of hydrogen-bond donors (Lipinski definition) is 1. The van der Waals surface area contributed by atoms with E-state index in [-0.39, 0.29) is 5.69 Å². The molecular formula is C13H16N4O2S. The predicted molar refractivity (Wildman–Crippen MR) is 79.0 cm³/mol. The first-order valence-electron chi connectivity index (χ1n) is 6.53. The summed E-state index contributed by atoms with van der Waals surface area (Å²) in [5, 5.41) is 17.8. The average Bonchev–Trinajstić information content (AvgIpc) is 2.81. The maximum Gasteiger partial charge on any atom is 0.270 e. The molecule has 106 valence electrons. The molecular weight excluding hydrogens is 276 g/mol. The second-order valence-electron chi connectivity index (χ2n) is 4.52. The third-order valence-electron chi connectivity index (χ3n) is 3.06. The van der Waals surface area contributed by atoms with Gasteiger partial charge in [0.05, 0.1) is 4.92 Å². The van der Waals surface area contributed by atoms with Crippen molar-refractivity contribution in [2.75, 3.05) is 0 Å². The molecule has 0 atom stereocenters. The van der Waals surface area contributed by atoms with Crippen LogP contribution in [-0.2, 0) is 6.54 Å². The summed E-state index contributed by atoms with van der Waals surface area (Å²) in [4.78, 5) is 10.4. The number of nitrogens with zero attached hydrogens (tertiary/aromatic N) is 3. The fraction of sp³-hybridized carbons (Fsp3) is 0.385. The molecule has 0 radical (unpaired) electrons. The molecule has 6 nitrogen and oxygen atoms in total. The largest absolute Gasteiger partial charge is 0.300 e. The minimum Gasteiger partial charge on any atom is -0.300 e. The van der Waals surface area contributed by atoms with Crippen molar-refractivity contribution >= 4 is 17.9 Å². The van der Waals surface area contributed by atoms with E-state index in [1.54, 1.807) is 12.1 Å². The van der Waals surface area contributed by atoms with Gasteiger partial charge in [-0.2, -0.15) is 5.10 Å². The van der Waals surface area contributed by atoms with Crippen LogP contribution in [0.5, 0.6) is 0 Å². The Kier molecular flexibility index (Phi) is 4.62. The van der Waals surface area contributed by atoms with Crippen LogP contribution >= 0.6 is 12.2 Å². The summed E-state index contributed by atoms with van der Waals surface area (Å²) >= 11 is 5.22. The smallest absolute Gasteiger partial charge is 0.270 e. The lowest BCUT2D eigenvalue weighted by molar-refractivity contribution is -0.384. The first-order chi connectivity index (χ1) is 9.63. The van der Waals surface area contributed by atoms with Gasteiger partial charge in [0.25, 0.3) is 5.69 Å². The quantitative estimate of drug-likeness (QED) is 0.381. The van der Waals surface area contributed by atoms with Crippen molar-refractivity contribution in [2.24, 2.45) is 0 Å². The molecule has 1 heterocycles. The molecule has 0 saturated heterocycles. The number of benzene rings is 1. The van der Waals surface area contributed by atoms with Crippen molar-refractivity contribution in [1.82, 2.24) is 14.8 Å². The zero-order chi connectivity index (χ0) is 14.5. The van der Waals surface area contributed by atoms with Gasteiger partial charge >= 0.3 is 0 Å². The number of aromatic nitrogens is 3. The maximum atomic E-state index is 10.8. The van der Waals surface area contributed by atoms with Crippen molar-refractivity contribution in [3.05, 3.63) is 39.2 Å². The number of nitro groups is 1. The van der Waals surface area contributed by atoms with Crippen molar-refractivity contribution < 1.29 is 4.92 Å². The number of aromatic amines is 1. The standard InChI is InChI=1S/C13H16N4O2S/c1-2-3-4-8-16-12(14-15-13(16)20)10-6-5-7-11(9-10)17(18)19/h5-7,9H,2-4,8H2,1H3,(H,15,20). The third kappa shape index (κ3) is 3.11. The van der Waals surface area contributed by atoms with Crippen molar-refractivity contribution in [1.29, 1.82) is 0 Å². The highest BCUT2D eigenvalue weighted by atomic mass is 32.1. The molecule has 0 saturated carbocycles. The van der Waals surface area contributed by atoms with Gasteiger partial charge in [0.15, 0.2) is 10.6 Å². The summed E-state index contributed by atoms with van der Waals surface area (Å²) < 4.78 is 2.44. The van der Waals surface area contributed by atoms with Gasteiger partial charge in [-0.05, 0) is 18.6 Å². The summed E-state index contributed by atoms with van der Waals surface area (Å²) in [5.41, 5.74) is 0.750. The Labute approximate surface area is 121 Å². The molecule has 1 N–H and O–H groups in total. The lowest BCUT2D eigenvalue weighted by atomic mass is 10.2. The topological polar surface area (TPSA) is 76.8 Å². The zero-order valence-corrected chi connectivity index (χ0v) is 12.0. The number of hydrogen-bond acceptors (Lipinski definition) is 4. The number of unbranched alkanes of at least 4 members (excludes halogenated alkanes) is 2. The Morgan fingerprint density at radius 3 is 2.95 bits per heavy atom. The Balaban J connectivity index is 2.35. The number of nitrogens with one attached hydrogen (secondary N) is 1. The fourth-order valence-corrected chi connectivity index (χ4v) is 2.25. The van der Waals surface area contributed by atoms with Gasteiger partial charge in [0.1, 0.15) is 0 Å². The Hall–Kier alpha value is -2.02. The SMILES string of the molecule is CCCCCn1c(-c2cccc([N+](=O)[O-])c2)n[nH]c1=S. The molecule has 0 fully saturated rings. The van der Waals surface area contributed by atoms with Gasteiger partial charge in [0.2, 0.25) is 0 Å². The van der Waals surface area contributed by atoms with Gasteiger partial charge in [-0.3, -0.25) is 15.2 Å². The van der Waals surface area contributed by atoms with Crippen LogP contribution in [0.15, 0.2) is 24.3 Å². The predicted octanol–water partition coefficient (Wildman–Crippen LogP) is 3.71. The molecule has 0 aliphatic rings. The molecule has 0 bridgehead atoms. The monoisotopic (exact) mass is 292 g/mol. The molecule has 0 aliphatic carbocycles. The highest BCUT2D eigenvalue weighted by molar-refractivity contribution is 7.71. The molecule has 1 aromatic heterocycles. The molecule has 0 spiro atoms. The second kappa shape index (κ2) is 6.42. The van der Waals surface area contributed by atoms with Gasteiger partial charge in [-0.25, -0.2) is 0 Å². The number of non-ortho nitro benzene ring substituents is 1. The van der Waals surface area contributed by atoms with Gasteiger partial charge in [-0.1, -0.05) is 31.9 Å². The van der Waals surface area contributed by atoms with Crippen LogP contribution in [0.3, 0.4) is 0 Å². The third-order valence-corrected chi connectivity index (χ3v) is 3.37. The molecule has 20 heavy (non-hydrogen) atoms. The Morgan fingerprint density at radius 2 is 2.25 bits per heavy atom. The Morgan fingerprint density at radius 1 is 1.45 bits per heavy atom. The Bertz CT molecular complexity index is 662. The zero-order valence-electron chi connectivity index (χ0n) is 11.2. The molecule has 0 aliphatic heterocycles.